The van der Waals surface area contributed by atoms with E-state index in [1.54, 1.807) is 30.3 Å². The van der Waals surface area contributed by atoms with Gasteiger partial charge in [-0.15, -0.1) is 0 Å². The zero-order valence-corrected chi connectivity index (χ0v) is 26.1. The second kappa shape index (κ2) is 14.7. The number of halogens is 2. The molecule has 0 aliphatic rings. The van der Waals surface area contributed by atoms with Crippen molar-refractivity contribution in [2.45, 2.75) is 52.1 Å². The molecular formula is C31H37Cl2N3O4S. The van der Waals surface area contributed by atoms with Crippen LogP contribution in [0.25, 0.3) is 0 Å². The molecule has 1 N–H and O–H groups in total. The molecule has 2 amide bonds. The van der Waals surface area contributed by atoms with Crippen molar-refractivity contribution in [2.24, 2.45) is 0 Å². The van der Waals surface area contributed by atoms with Crippen molar-refractivity contribution in [1.29, 1.82) is 0 Å². The van der Waals surface area contributed by atoms with E-state index in [2.05, 4.69) is 5.32 Å². The molecule has 0 bridgehead atoms. The first-order chi connectivity index (χ1) is 19.4. The van der Waals surface area contributed by atoms with Crippen LogP contribution in [0.5, 0.6) is 0 Å². The fraction of sp³-hybridized carbons (Fsp3) is 0.355. The fourth-order valence-corrected chi connectivity index (χ4v) is 5.74. The van der Waals surface area contributed by atoms with Crippen LogP contribution in [0.4, 0.5) is 5.69 Å². The summed E-state index contributed by atoms with van der Waals surface area (Å²) in [6.07, 6.45) is 2.04. The molecule has 0 saturated carbocycles. The molecule has 0 aliphatic heterocycles. The summed E-state index contributed by atoms with van der Waals surface area (Å²) < 4.78 is 27.3. The molecule has 3 rings (SSSR count). The summed E-state index contributed by atoms with van der Waals surface area (Å²) in [5.74, 6) is -0.825. The van der Waals surface area contributed by atoms with Crippen molar-refractivity contribution >= 4 is 50.7 Å². The van der Waals surface area contributed by atoms with Crippen molar-refractivity contribution in [2.75, 3.05) is 23.7 Å². The van der Waals surface area contributed by atoms with Crippen molar-refractivity contribution in [1.82, 2.24) is 10.2 Å². The Labute approximate surface area is 253 Å². The number of hydrogen-bond donors (Lipinski definition) is 1. The monoisotopic (exact) mass is 617 g/mol. The predicted molar refractivity (Wildman–Crippen MR) is 167 cm³/mol. The Morgan fingerprint density at radius 2 is 1.56 bits per heavy atom. The summed E-state index contributed by atoms with van der Waals surface area (Å²) in [6.45, 7) is 5.86. The van der Waals surface area contributed by atoms with Crippen LogP contribution >= 0.6 is 23.2 Å². The third-order valence-corrected chi connectivity index (χ3v) is 8.53. The first-order valence-electron chi connectivity index (χ1n) is 13.5. The van der Waals surface area contributed by atoms with Crippen molar-refractivity contribution in [3.05, 3.63) is 99.5 Å². The quantitative estimate of drug-likeness (QED) is 0.253. The maximum Gasteiger partial charge on any atom is 0.244 e. The summed E-state index contributed by atoms with van der Waals surface area (Å²) in [5, 5.41) is 3.60. The highest BCUT2D eigenvalue weighted by molar-refractivity contribution is 7.92. The van der Waals surface area contributed by atoms with Crippen molar-refractivity contribution in [3.63, 3.8) is 0 Å². The topological polar surface area (TPSA) is 86.8 Å². The number of para-hydroxylation sites is 1. The minimum Gasteiger partial charge on any atom is -0.354 e. The molecule has 3 aromatic rings. The molecule has 0 heterocycles. The lowest BCUT2D eigenvalue weighted by atomic mass is 10.0. The Balaban J connectivity index is 2.10. The Morgan fingerprint density at radius 3 is 2.17 bits per heavy atom. The SMILES string of the molecule is CCCNC(=O)[C@@H](Cc1ccccc1)N(Cc1ccc(Cl)c(Cl)c1)C(=O)CN(c1ccccc1C(C)C)S(C)(=O)=O. The van der Waals surface area contributed by atoms with Gasteiger partial charge >= 0.3 is 0 Å². The Bertz CT molecular complexity index is 1450. The number of anilines is 1. The lowest BCUT2D eigenvalue weighted by molar-refractivity contribution is -0.140. The normalized spacial score (nSPS) is 12.2. The fourth-order valence-electron chi connectivity index (χ4n) is 4.55. The van der Waals surface area contributed by atoms with Crippen molar-refractivity contribution < 1.29 is 18.0 Å². The van der Waals surface area contributed by atoms with E-state index in [0.29, 0.717) is 27.8 Å². The lowest BCUT2D eigenvalue weighted by Crippen LogP contribution is -2.53. The van der Waals surface area contributed by atoms with E-state index in [0.717, 1.165) is 28.1 Å². The molecule has 0 unspecified atom stereocenters. The van der Waals surface area contributed by atoms with Gasteiger partial charge in [0.2, 0.25) is 21.8 Å². The van der Waals surface area contributed by atoms with E-state index in [-0.39, 0.29) is 24.8 Å². The van der Waals surface area contributed by atoms with Gasteiger partial charge in [0, 0.05) is 19.5 Å². The minimum atomic E-state index is -3.86. The summed E-state index contributed by atoms with van der Waals surface area (Å²) in [4.78, 5) is 29.2. The van der Waals surface area contributed by atoms with Gasteiger partial charge in [0.05, 0.1) is 22.0 Å². The summed E-state index contributed by atoms with van der Waals surface area (Å²) in [5.41, 5.74) is 2.75. The third-order valence-electron chi connectivity index (χ3n) is 6.66. The molecule has 7 nitrogen and oxygen atoms in total. The van der Waals surface area contributed by atoms with Gasteiger partial charge < -0.3 is 10.2 Å². The number of rotatable bonds is 13. The average molecular weight is 619 g/mol. The number of nitrogens with one attached hydrogen (secondary N) is 1. The standard InChI is InChI=1S/C31H37Cl2N3O4S/c1-5-17-34-31(38)29(19-23-11-7-6-8-12-23)35(20-24-15-16-26(32)27(33)18-24)30(37)21-36(41(4,39)40)28-14-10-9-13-25(28)22(2)3/h6-16,18,22,29H,5,17,19-21H2,1-4H3,(H,34,38)/t29-/m1/s1. The van der Waals surface area contributed by atoms with E-state index >= 15 is 0 Å². The van der Waals surface area contributed by atoms with Crippen molar-refractivity contribution in [3.8, 4) is 0 Å². The molecule has 0 radical (unpaired) electrons. The maximum absolute atomic E-state index is 14.2. The summed E-state index contributed by atoms with van der Waals surface area (Å²) in [6, 6.07) is 20.6. The third kappa shape index (κ3) is 8.96. The first kappa shape index (κ1) is 32.4. The van der Waals surface area contributed by atoms with Gasteiger partial charge in [0.1, 0.15) is 12.6 Å². The molecule has 3 aromatic carbocycles. The number of amides is 2. The summed E-state index contributed by atoms with van der Waals surface area (Å²) >= 11 is 12.4. The van der Waals surface area contributed by atoms with Crippen LogP contribution in [-0.2, 0) is 32.6 Å². The number of benzene rings is 3. The molecule has 220 valence electrons. The first-order valence-corrected chi connectivity index (χ1v) is 16.1. The highest BCUT2D eigenvalue weighted by atomic mass is 35.5. The van der Waals surface area contributed by atoms with E-state index in [9.17, 15) is 18.0 Å². The van der Waals surface area contributed by atoms with Crippen LogP contribution in [0.3, 0.4) is 0 Å². The van der Waals surface area contributed by atoms with Crippen LogP contribution in [-0.4, -0.2) is 50.5 Å². The second-order valence-corrected chi connectivity index (χ2v) is 13.0. The highest BCUT2D eigenvalue weighted by Gasteiger charge is 2.33. The average Bonchev–Trinajstić information content (AvgIpc) is 2.94. The second-order valence-electron chi connectivity index (χ2n) is 10.2. The van der Waals surface area contributed by atoms with Gasteiger partial charge in [-0.1, -0.05) is 98.6 Å². The molecule has 0 aliphatic carbocycles. The molecule has 0 saturated heterocycles. The smallest absolute Gasteiger partial charge is 0.244 e. The van der Waals surface area contributed by atoms with Crippen LogP contribution in [0, 0.1) is 0 Å². The van der Waals surface area contributed by atoms with Crippen LogP contribution in [0.1, 0.15) is 49.8 Å². The molecule has 41 heavy (non-hydrogen) atoms. The zero-order chi connectivity index (χ0) is 30.2. The van der Waals surface area contributed by atoms with E-state index < -0.39 is 28.5 Å². The number of nitrogens with zero attached hydrogens (tertiary/aromatic N) is 2. The van der Waals surface area contributed by atoms with Crippen LogP contribution in [0.15, 0.2) is 72.8 Å². The zero-order valence-electron chi connectivity index (χ0n) is 23.8. The lowest BCUT2D eigenvalue weighted by Gasteiger charge is -2.34. The van der Waals surface area contributed by atoms with Crippen LogP contribution < -0.4 is 9.62 Å². The Kier molecular flexibility index (Phi) is 11.6. The maximum atomic E-state index is 14.2. The molecular weight excluding hydrogens is 581 g/mol. The van der Waals surface area contributed by atoms with Gasteiger partial charge in [-0.2, -0.15) is 0 Å². The number of sulfonamides is 1. The summed E-state index contributed by atoms with van der Waals surface area (Å²) in [7, 11) is -3.86. The van der Waals surface area contributed by atoms with E-state index in [1.807, 2.05) is 63.2 Å². The number of hydrogen-bond acceptors (Lipinski definition) is 4. The van der Waals surface area contributed by atoms with E-state index in [1.165, 1.54) is 4.90 Å². The Hall–Kier alpha value is -3.07. The number of carbonyl (C=O) groups excluding carboxylic acids is 2. The highest BCUT2D eigenvalue weighted by Crippen LogP contribution is 2.30. The van der Waals surface area contributed by atoms with Gasteiger partial charge in [0.25, 0.3) is 0 Å². The van der Waals surface area contributed by atoms with Gasteiger partial charge in [-0.25, -0.2) is 8.42 Å². The predicted octanol–water partition coefficient (Wildman–Crippen LogP) is 6.05. The Morgan fingerprint density at radius 1 is 0.902 bits per heavy atom. The minimum absolute atomic E-state index is 0.0171. The molecule has 1 atom stereocenters. The molecule has 0 aromatic heterocycles. The van der Waals surface area contributed by atoms with Gasteiger partial charge in [-0.05, 0) is 47.2 Å². The molecule has 0 spiro atoms. The molecule has 10 heteroatoms. The van der Waals surface area contributed by atoms with Gasteiger partial charge in [0.15, 0.2) is 0 Å². The van der Waals surface area contributed by atoms with Crippen LogP contribution in [0.2, 0.25) is 10.0 Å². The molecule has 0 fully saturated rings. The number of carbonyl (C=O) groups is 2. The van der Waals surface area contributed by atoms with Gasteiger partial charge in [-0.3, -0.25) is 13.9 Å². The largest absolute Gasteiger partial charge is 0.354 e. The van der Waals surface area contributed by atoms with E-state index in [4.69, 9.17) is 23.2 Å².